The average molecular weight is 300 g/mol. The molecule has 0 aromatic heterocycles. The molecular formula is C19H28N2O. The summed E-state index contributed by atoms with van der Waals surface area (Å²) in [6, 6.07) is 7.80. The molecule has 2 aliphatic rings. The summed E-state index contributed by atoms with van der Waals surface area (Å²) in [4.78, 5) is 16.7. The quantitative estimate of drug-likeness (QED) is 0.837. The minimum absolute atomic E-state index is 0.255. The molecule has 0 saturated carbocycles. The lowest BCUT2D eigenvalue weighted by atomic mass is 10.0. The summed E-state index contributed by atoms with van der Waals surface area (Å²) in [6.45, 7) is 9.18. The molecule has 3 nitrogen and oxygen atoms in total. The lowest BCUT2D eigenvalue weighted by Gasteiger charge is -2.32. The Morgan fingerprint density at radius 2 is 1.91 bits per heavy atom. The van der Waals surface area contributed by atoms with Gasteiger partial charge in [0.1, 0.15) is 0 Å². The fraction of sp³-hybridized carbons (Fsp3) is 0.632. The maximum atomic E-state index is 11.9. The summed E-state index contributed by atoms with van der Waals surface area (Å²) in [5.41, 5.74) is 4.14. The molecule has 2 fully saturated rings. The predicted octanol–water partition coefficient (Wildman–Crippen LogP) is 3.28. The van der Waals surface area contributed by atoms with Crippen molar-refractivity contribution in [2.45, 2.75) is 65.1 Å². The van der Waals surface area contributed by atoms with Crippen molar-refractivity contribution in [2.24, 2.45) is 0 Å². The fourth-order valence-electron chi connectivity index (χ4n) is 4.16. The summed E-state index contributed by atoms with van der Waals surface area (Å²) in [5, 5.41) is 0. The molecule has 0 radical (unpaired) electrons. The van der Waals surface area contributed by atoms with Crippen molar-refractivity contribution in [1.29, 1.82) is 0 Å². The first-order valence-electron chi connectivity index (χ1n) is 8.63. The van der Waals surface area contributed by atoms with Gasteiger partial charge in [-0.25, -0.2) is 0 Å². The molecule has 3 rings (SSSR count). The maximum Gasteiger partial charge on any atom is 0.219 e. The molecule has 2 heterocycles. The van der Waals surface area contributed by atoms with E-state index < -0.39 is 0 Å². The molecular weight excluding hydrogens is 272 g/mol. The number of hydrogen-bond donors (Lipinski definition) is 0. The van der Waals surface area contributed by atoms with Gasteiger partial charge < -0.3 is 4.90 Å². The molecule has 1 amide bonds. The number of hydrogen-bond acceptors (Lipinski definition) is 2. The van der Waals surface area contributed by atoms with Crippen LogP contribution in [-0.2, 0) is 11.3 Å². The number of fused-ring (bicyclic) bond motifs is 1. The van der Waals surface area contributed by atoms with Crippen LogP contribution in [0.25, 0.3) is 0 Å². The molecule has 1 aromatic carbocycles. The maximum absolute atomic E-state index is 11.9. The first kappa shape index (κ1) is 15.5. The molecule has 3 heteroatoms. The molecule has 0 spiro atoms. The van der Waals surface area contributed by atoms with Gasteiger partial charge in [-0.05, 0) is 49.8 Å². The van der Waals surface area contributed by atoms with Crippen LogP contribution in [0.5, 0.6) is 0 Å². The van der Waals surface area contributed by atoms with Crippen molar-refractivity contribution in [3.05, 3.63) is 34.9 Å². The Bertz CT molecular complexity index is 554. The number of carbonyl (C=O) groups excluding carboxylic acids is 1. The number of aryl methyl sites for hydroxylation is 2. The molecule has 0 unspecified atom stereocenters. The third-order valence-electron chi connectivity index (χ3n) is 5.54. The Morgan fingerprint density at radius 3 is 2.64 bits per heavy atom. The van der Waals surface area contributed by atoms with Gasteiger partial charge in [-0.2, -0.15) is 0 Å². The smallest absolute Gasteiger partial charge is 0.219 e. The molecule has 120 valence electrons. The summed E-state index contributed by atoms with van der Waals surface area (Å²) in [6.07, 6.45) is 4.77. The van der Waals surface area contributed by atoms with Crippen LogP contribution in [0, 0.1) is 13.8 Å². The van der Waals surface area contributed by atoms with Gasteiger partial charge in [0.05, 0.1) is 0 Å². The topological polar surface area (TPSA) is 23.6 Å². The first-order valence-corrected chi connectivity index (χ1v) is 8.63. The van der Waals surface area contributed by atoms with Gasteiger partial charge in [-0.15, -0.1) is 0 Å². The second-order valence-electron chi connectivity index (χ2n) is 7.02. The first-order chi connectivity index (χ1) is 10.6. The van der Waals surface area contributed by atoms with Crippen LogP contribution < -0.4 is 0 Å². The predicted molar refractivity (Wildman–Crippen MR) is 89.8 cm³/mol. The highest BCUT2D eigenvalue weighted by atomic mass is 16.2. The van der Waals surface area contributed by atoms with Crippen LogP contribution in [-0.4, -0.2) is 40.9 Å². The van der Waals surface area contributed by atoms with E-state index in [1.54, 1.807) is 6.92 Å². The summed E-state index contributed by atoms with van der Waals surface area (Å²) >= 11 is 0. The van der Waals surface area contributed by atoms with E-state index in [9.17, 15) is 4.79 Å². The third kappa shape index (κ3) is 3.05. The Morgan fingerprint density at radius 1 is 1.09 bits per heavy atom. The average Bonchev–Trinajstić information content (AvgIpc) is 2.73. The Balaban J connectivity index is 1.75. The lowest BCUT2D eigenvalue weighted by Crippen LogP contribution is -2.45. The Kier molecular flexibility index (Phi) is 4.53. The van der Waals surface area contributed by atoms with Crippen molar-refractivity contribution < 1.29 is 4.79 Å². The van der Waals surface area contributed by atoms with Crippen molar-refractivity contribution >= 4 is 5.91 Å². The normalized spacial score (nSPS) is 25.9. The second kappa shape index (κ2) is 6.41. The van der Waals surface area contributed by atoms with Gasteiger partial charge in [0.15, 0.2) is 0 Å². The van der Waals surface area contributed by atoms with Gasteiger partial charge in [0, 0.05) is 38.6 Å². The van der Waals surface area contributed by atoms with E-state index in [1.807, 2.05) is 0 Å². The van der Waals surface area contributed by atoms with Crippen LogP contribution in [0.3, 0.4) is 0 Å². The number of nitrogens with zero attached hydrogens (tertiary/aromatic N) is 2. The lowest BCUT2D eigenvalue weighted by molar-refractivity contribution is -0.131. The molecule has 1 aromatic rings. The van der Waals surface area contributed by atoms with Crippen molar-refractivity contribution in [3.63, 3.8) is 0 Å². The highest BCUT2D eigenvalue weighted by Gasteiger charge is 2.39. The Hall–Kier alpha value is -1.35. The largest absolute Gasteiger partial charge is 0.338 e. The van der Waals surface area contributed by atoms with Crippen LogP contribution in [0.4, 0.5) is 0 Å². The van der Waals surface area contributed by atoms with Crippen LogP contribution in [0.2, 0.25) is 0 Å². The molecule has 2 aliphatic heterocycles. The van der Waals surface area contributed by atoms with Gasteiger partial charge >= 0.3 is 0 Å². The number of rotatable bonds is 2. The zero-order chi connectivity index (χ0) is 15.7. The summed E-state index contributed by atoms with van der Waals surface area (Å²) < 4.78 is 0. The number of amides is 1. The third-order valence-corrected chi connectivity index (χ3v) is 5.54. The van der Waals surface area contributed by atoms with Crippen molar-refractivity contribution in [3.8, 4) is 0 Å². The highest BCUT2D eigenvalue weighted by molar-refractivity contribution is 5.73. The van der Waals surface area contributed by atoms with E-state index in [0.29, 0.717) is 12.1 Å². The van der Waals surface area contributed by atoms with Crippen LogP contribution in [0.1, 0.15) is 49.3 Å². The number of benzene rings is 1. The zero-order valence-corrected chi connectivity index (χ0v) is 14.1. The van der Waals surface area contributed by atoms with Crippen LogP contribution >= 0.6 is 0 Å². The van der Waals surface area contributed by atoms with E-state index in [0.717, 1.165) is 32.5 Å². The second-order valence-corrected chi connectivity index (χ2v) is 7.02. The van der Waals surface area contributed by atoms with E-state index in [2.05, 4.69) is 41.8 Å². The van der Waals surface area contributed by atoms with E-state index >= 15 is 0 Å². The molecule has 22 heavy (non-hydrogen) atoms. The molecule has 2 atom stereocenters. The fourth-order valence-corrected chi connectivity index (χ4v) is 4.16. The van der Waals surface area contributed by atoms with Crippen LogP contribution in [0.15, 0.2) is 18.2 Å². The summed E-state index contributed by atoms with van der Waals surface area (Å²) in [5.74, 6) is 0.255. The van der Waals surface area contributed by atoms with Gasteiger partial charge in [-0.1, -0.05) is 24.6 Å². The monoisotopic (exact) mass is 300 g/mol. The minimum atomic E-state index is 0.255. The van der Waals surface area contributed by atoms with Crippen molar-refractivity contribution in [1.82, 2.24) is 9.80 Å². The Labute approximate surface area is 134 Å². The summed E-state index contributed by atoms with van der Waals surface area (Å²) in [7, 11) is 0. The van der Waals surface area contributed by atoms with E-state index in [-0.39, 0.29) is 5.91 Å². The highest BCUT2D eigenvalue weighted by Crippen LogP contribution is 2.31. The van der Waals surface area contributed by atoms with Gasteiger partial charge in [0.2, 0.25) is 5.91 Å². The van der Waals surface area contributed by atoms with Crippen molar-refractivity contribution in [2.75, 3.05) is 13.1 Å². The SMILES string of the molecule is CC(=O)N1CCCC[C@@H]2[C@H]1CCN2Cc1ccc(C)c(C)c1. The van der Waals surface area contributed by atoms with Gasteiger partial charge in [-0.3, -0.25) is 9.69 Å². The standard InChI is InChI=1S/C19H28N2O/c1-14-7-8-17(12-15(14)2)13-20-11-9-19-18(20)6-4-5-10-21(19)16(3)22/h7-8,12,18-19H,4-6,9-11,13H2,1-3H3/t18-,19-/m1/s1. The minimum Gasteiger partial charge on any atom is -0.338 e. The zero-order valence-electron chi connectivity index (χ0n) is 14.1. The molecule has 2 saturated heterocycles. The molecule has 0 aliphatic carbocycles. The van der Waals surface area contributed by atoms with E-state index in [1.165, 1.54) is 29.5 Å². The number of carbonyl (C=O) groups is 1. The van der Waals surface area contributed by atoms with Gasteiger partial charge in [0.25, 0.3) is 0 Å². The van der Waals surface area contributed by atoms with E-state index in [4.69, 9.17) is 0 Å². The molecule has 0 bridgehead atoms. The number of likely N-dealkylation sites (tertiary alicyclic amines) is 2. The molecule has 0 N–H and O–H groups in total.